The quantitative estimate of drug-likeness (QED) is 0.600. The van der Waals surface area contributed by atoms with Gasteiger partial charge in [-0.25, -0.2) is 0 Å². The molecule has 1 heterocycles. The largest absolute Gasteiger partial charge is 0.481 e. The zero-order valence-electron chi connectivity index (χ0n) is 9.17. The minimum absolute atomic E-state index is 0.0827. The van der Waals surface area contributed by atoms with Gasteiger partial charge in [0.2, 0.25) is 5.91 Å². The molecule has 1 atom stereocenters. The second-order valence-electron chi connectivity index (χ2n) is 4.62. The van der Waals surface area contributed by atoms with E-state index in [2.05, 4.69) is 10.6 Å². The first-order valence-electron chi connectivity index (χ1n) is 5.15. The maximum absolute atomic E-state index is 10.9. The molecule has 0 aromatic rings. The Morgan fingerprint density at radius 2 is 2.33 bits per heavy atom. The van der Waals surface area contributed by atoms with E-state index in [0.717, 1.165) is 6.42 Å². The predicted molar refractivity (Wildman–Crippen MR) is 55.5 cm³/mol. The maximum atomic E-state index is 10.9. The molecule has 0 aromatic carbocycles. The highest BCUT2D eigenvalue weighted by molar-refractivity contribution is 5.78. The van der Waals surface area contributed by atoms with Crippen LogP contribution in [-0.2, 0) is 9.59 Å². The Hall–Kier alpha value is -1.10. The fourth-order valence-corrected chi connectivity index (χ4v) is 1.46. The Morgan fingerprint density at radius 1 is 1.67 bits per heavy atom. The van der Waals surface area contributed by atoms with E-state index in [0.29, 0.717) is 19.5 Å². The van der Waals surface area contributed by atoms with E-state index in [4.69, 9.17) is 5.11 Å². The van der Waals surface area contributed by atoms with Gasteiger partial charge in [-0.2, -0.15) is 0 Å². The van der Waals surface area contributed by atoms with Gasteiger partial charge in [0.15, 0.2) is 0 Å². The molecular weight excluding hydrogens is 196 g/mol. The molecule has 86 valence electrons. The minimum Gasteiger partial charge on any atom is -0.481 e. The Labute approximate surface area is 89.2 Å². The molecule has 1 aliphatic rings. The van der Waals surface area contributed by atoms with E-state index >= 15 is 0 Å². The fourth-order valence-electron chi connectivity index (χ4n) is 1.46. The highest BCUT2D eigenvalue weighted by Crippen LogP contribution is 2.13. The van der Waals surface area contributed by atoms with Gasteiger partial charge >= 0.3 is 5.97 Å². The van der Waals surface area contributed by atoms with Crippen molar-refractivity contribution in [1.82, 2.24) is 10.6 Å². The van der Waals surface area contributed by atoms with Gasteiger partial charge < -0.3 is 15.7 Å². The summed E-state index contributed by atoms with van der Waals surface area (Å²) in [5.74, 6) is -0.732. The van der Waals surface area contributed by atoms with E-state index < -0.39 is 11.4 Å². The molecule has 3 N–H and O–H groups in total. The highest BCUT2D eigenvalue weighted by atomic mass is 16.4. The average Bonchev–Trinajstić information content (AvgIpc) is 2.51. The number of aliphatic carboxylic acids is 1. The minimum atomic E-state index is -0.814. The molecule has 1 saturated heterocycles. The van der Waals surface area contributed by atoms with E-state index in [-0.39, 0.29) is 11.9 Å². The van der Waals surface area contributed by atoms with Gasteiger partial charge in [-0.3, -0.25) is 9.59 Å². The van der Waals surface area contributed by atoms with Crippen molar-refractivity contribution < 1.29 is 14.7 Å². The summed E-state index contributed by atoms with van der Waals surface area (Å²) in [5.41, 5.74) is -0.761. The Balaban J connectivity index is 2.21. The third kappa shape index (κ3) is 3.51. The number of amides is 1. The molecule has 5 heteroatoms. The van der Waals surface area contributed by atoms with Gasteiger partial charge in [0.05, 0.1) is 5.41 Å². The standard InChI is InChI=1S/C10H18N2O3/c1-10(2,9(14)15)6-11-5-7-3-4-8(13)12-7/h7,11H,3-6H2,1-2H3,(H,12,13)(H,14,15). The molecule has 0 radical (unpaired) electrons. The van der Waals surface area contributed by atoms with Crippen molar-refractivity contribution in [2.75, 3.05) is 13.1 Å². The average molecular weight is 214 g/mol. The summed E-state index contributed by atoms with van der Waals surface area (Å²) in [4.78, 5) is 21.7. The molecule has 15 heavy (non-hydrogen) atoms. The van der Waals surface area contributed by atoms with Crippen molar-refractivity contribution in [2.24, 2.45) is 5.41 Å². The summed E-state index contributed by atoms with van der Waals surface area (Å²) >= 11 is 0. The summed E-state index contributed by atoms with van der Waals surface area (Å²) in [6.07, 6.45) is 1.41. The third-order valence-corrected chi connectivity index (χ3v) is 2.62. The SMILES string of the molecule is CC(C)(CNCC1CCC(=O)N1)C(=O)O. The summed E-state index contributed by atoms with van der Waals surface area (Å²) < 4.78 is 0. The number of hydrogen-bond acceptors (Lipinski definition) is 3. The van der Waals surface area contributed by atoms with Crippen LogP contribution in [0.4, 0.5) is 0 Å². The van der Waals surface area contributed by atoms with Crippen molar-refractivity contribution in [1.29, 1.82) is 0 Å². The smallest absolute Gasteiger partial charge is 0.310 e. The summed E-state index contributed by atoms with van der Waals surface area (Å²) in [6, 6.07) is 0.155. The van der Waals surface area contributed by atoms with Crippen LogP contribution in [-0.4, -0.2) is 36.1 Å². The number of carboxylic acid groups (broad SMARTS) is 1. The molecule has 1 aliphatic heterocycles. The van der Waals surface area contributed by atoms with E-state index in [1.54, 1.807) is 13.8 Å². The summed E-state index contributed by atoms with van der Waals surface area (Å²) in [5, 5.41) is 14.8. The zero-order chi connectivity index (χ0) is 11.5. The highest BCUT2D eigenvalue weighted by Gasteiger charge is 2.27. The molecular formula is C10H18N2O3. The lowest BCUT2D eigenvalue weighted by molar-refractivity contribution is -0.146. The van der Waals surface area contributed by atoms with Crippen LogP contribution in [0.2, 0.25) is 0 Å². The lowest BCUT2D eigenvalue weighted by atomic mass is 9.94. The number of carboxylic acids is 1. The van der Waals surface area contributed by atoms with Crippen LogP contribution in [0.3, 0.4) is 0 Å². The maximum Gasteiger partial charge on any atom is 0.310 e. The van der Waals surface area contributed by atoms with Gasteiger partial charge in [-0.15, -0.1) is 0 Å². The van der Waals surface area contributed by atoms with Crippen molar-refractivity contribution in [3.63, 3.8) is 0 Å². The fraction of sp³-hybridized carbons (Fsp3) is 0.800. The summed E-state index contributed by atoms with van der Waals surface area (Å²) in [7, 11) is 0. The number of carbonyl (C=O) groups excluding carboxylic acids is 1. The molecule has 1 amide bonds. The Bertz CT molecular complexity index is 263. The monoisotopic (exact) mass is 214 g/mol. The molecule has 1 unspecified atom stereocenters. The Kier molecular flexibility index (Phi) is 3.68. The molecule has 0 aliphatic carbocycles. The first-order valence-corrected chi connectivity index (χ1v) is 5.15. The topological polar surface area (TPSA) is 78.4 Å². The van der Waals surface area contributed by atoms with Crippen LogP contribution in [0, 0.1) is 5.41 Å². The molecule has 0 aromatic heterocycles. The van der Waals surface area contributed by atoms with E-state index in [1.165, 1.54) is 0 Å². The lowest BCUT2D eigenvalue weighted by Gasteiger charge is -2.21. The predicted octanol–water partition coefficient (Wildman–Crippen LogP) is -0.0346. The van der Waals surface area contributed by atoms with E-state index in [9.17, 15) is 9.59 Å². The van der Waals surface area contributed by atoms with Crippen LogP contribution in [0.5, 0.6) is 0 Å². The number of nitrogens with one attached hydrogen (secondary N) is 2. The Morgan fingerprint density at radius 3 is 2.80 bits per heavy atom. The summed E-state index contributed by atoms with van der Waals surface area (Å²) in [6.45, 7) is 4.41. The van der Waals surface area contributed by atoms with Crippen molar-refractivity contribution in [2.45, 2.75) is 32.7 Å². The van der Waals surface area contributed by atoms with Crippen molar-refractivity contribution >= 4 is 11.9 Å². The number of carbonyl (C=O) groups is 2. The second kappa shape index (κ2) is 4.61. The molecule has 1 rings (SSSR count). The lowest BCUT2D eigenvalue weighted by Crippen LogP contribution is -2.42. The van der Waals surface area contributed by atoms with Crippen LogP contribution >= 0.6 is 0 Å². The van der Waals surface area contributed by atoms with Crippen molar-refractivity contribution in [3.05, 3.63) is 0 Å². The molecule has 0 spiro atoms. The van der Waals surface area contributed by atoms with Crippen LogP contribution in [0.15, 0.2) is 0 Å². The van der Waals surface area contributed by atoms with Gasteiger partial charge in [0, 0.05) is 25.6 Å². The zero-order valence-corrected chi connectivity index (χ0v) is 9.17. The van der Waals surface area contributed by atoms with Crippen LogP contribution in [0.25, 0.3) is 0 Å². The first-order chi connectivity index (χ1) is 6.92. The van der Waals surface area contributed by atoms with Crippen LogP contribution < -0.4 is 10.6 Å². The van der Waals surface area contributed by atoms with E-state index in [1.807, 2.05) is 0 Å². The van der Waals surface area contributed by atoms with Gasteiger partial charge in [0.25, 0.3) is 0 Å². The second-order valence-corrected chi connectivity index (χ2v) is 4.62. The molecule has 0 bridgehead atoms. The van der Waals surface area contributed by atoms with Crippen molar-refractivity contribution in [3.8, 4) is 0 Å². The van der Waals surface area contributed by atoms with Gasteiger partial charge in [-0.05, 0) is 20.3 Å². The molecule has 0 saturated carbocycles. The number of hydrogen-bond donors (Lipinski definition) is 3. The molecule has 5 nitrogen and oxygen atoms in total. The first kappa shape index (κ1) is 12.0. The van der Waals surface area contributed by atoms with Gasteiger partial charge in [0.1, 0.15) is 0 Å². The third-order valence-electron chi connectivity index (χ3n) is 2.62. The molecule has 1 fully saturated rings. The van der Waals surface area contributed by atoms with Gasteiger partial charge in [-0.1, -0.05) is 0 Å². The van der Waals surface area contributed by atoms with Crippen LogP contribution in [0.1, 0.15) is 26.7 Å². The number of rotatable bonds is 5. The normalized spacial score (nSPS) is 21.5.